The first-order valence-electron chi connectivity index (χ1n) is 15.7. The predicted octanol–water partition coefficient (Wildman–Crippen LogP) is 6.95. The average molecular weight is 639 g/mol. The first-order valence-corrected chi connectivity index (χ1v) is 16.1. The maximum absolute atomic E-state index is 13.5. The topological polar surface area (TPSA) is 75.5 Å². The third kappa shape index (κ3) is 6.77. The van der Waals surface area contributed by atoms with Gasteiger partial charge >= 0.3 is 0 Å². The van der Waals surface area contributed by atoms with E-state index >= 15 is 0 Å². The Bertz CT molecular complexity index is 1860. The van der Waals surface area contributed by atoms with Crippen molar-refractivity contribution in [2.75, 3.05) is 25.0 Å². The van der Waals surface area contributed by atoms with Crippen molar-refractivity contribution in [2.45, 2.75) is 51.0 Å². The van der Waals surface area contributed by atoms with E-state index in [4.69, 9.17) is 16.3 Å². The normalized spacial score (nSPS) is 18.0. The summed E-state index contributed by atoms with van der Waals surface area (Å²) in [6, 6.07) is 20.8. The largest absolute Gasteiger partial charge is 0.487 e. The van der Waals surface area contributed by atoms with Gasteiger partial charge in [-0.15, -0.1) is 0 Å². The van der Waals surface area contributed by atoms with Crippen molar-refractivity contribution in [3.8, 4) is 16.9 Å². The molecule has 0 bridgehead atoms. The molecular formula is C36H36ClFN6O2. The molecule has 1 N–H and O–H groups in total. The van der Waals surface area contributed by atoms with E-state index in [0.29, 0.717) is 29.2 Å². The maximum Gasteiger partial charge on any atom is 0.141 e. The molecular weight excluding hydrogens is 603 g/mol. The lowest BCUT2D eigenvalue weighted by Gasteiger charge is -2.42. The summed E-state index contributed by atoms with van der Waals surface area (Å²) >= 11 is 6.54. The minimum Gasteiger partial charge on any atom is -0.487 e. The Labute approximate surface area is 272 Å². The molecule has 7 rings (SSSR count). The Hall–Kier alpha value is -4.31. The van der Waals surface area contributed by atoms with Gasteiger partial charge in [-0.3, -0.25) is 9.80 Å². The summed E-state index contributed by atoms with van der Waals surface area (Å²) in [5, 5.41) is 4.66. The van der Waals surface area contributed by atoms with Crippen LogP contribution in [0.15, 0.2) is 85.5 Å². The minimum atomic E-state index is -0.307. The molecule has 2 atom stereocenters. The second kappa shape index (κ2) is 13.2. The fraction of sp³-hybridized carbons (Fsp3) is 0.306. The maximum atomic E-state index is 13.5. The summed E-state index contributed by atoms with van der Waals surface area (Å²) in [6.45, 7) is 6.04. The van der Waals surface area contributed by atoms with Gasteiger partial charge in [-0.25, -0.2) is 14.4 Å². The molecule has 0 amide bonds. The number of nitrogens with zero attached hydrogens (tertiary/aromatic N) is 5. The van der Waals surface area contributed by atoms with Crippen LogP contribution in [0.2, 0.25) is 5.02 Å². The van der Waals surface area contributed by atoms with Gasteiger partial charge in [0, 0.05) is 61.7 Å². The van der Waals surface area contributed by atoms with E-state index in [1.807, 2.05) is 18.3 Å². The van der Waals surface area contributed by atoms with Gasteiger partial charge in [-0.2, -0.15) is 0 Å². The number of benzene rings is 3. The number of fused-ring (bicyclic) bond motifs is 1. The van der Waals surface area contributed by atoms with Crippen molar-refractivity contribution >= 4 is 40.3 Å². The van der Waals surface area contributed by atoms with Crippen LogP contribution in [0.5, 0.6) is 5.75 Å². The van der Waals surface area contributed by atoms with Crippen LogP contribution in [0.1, 0.15) is 25.3 Å². The molecule has 2 unspecified atom stereocenters. The zero-order valence-corrected chi connectivity index (χ0v) is 26.4. The van der Waals surface area contributed by atoms with Crippen molar-refractivity contribution in [1.82, 2.24) is 24.3 Å². The molecule has 10 heteroatoms. The van der Waals surface area contributed by atoms with Crippen LogP contribution >= 0.6 is 11.6 Å². The number of hydrogen-bond acceptors (Lipinski definition) is 7. The highest BCUT2D eigenvalue weighted by Gasteiger charge is 2.36. The van der Waals surface area contributed by atoms with E-state index in [9.17, 15) is 9.18 Å². The number of halogens is 2. The molecule has 5 aromatic rings. The van der Waals surface area contributed by atoms with Gasteiger partial charge in [0.15, 0.2) is 0 Å². The summed E-state index contributed by atoms with van der Waals surface area (Å²) in [4.78, 5) is 26.1. The van der Waals surface area contributed by atoms with Crippen LogP contribution in [0, 0.1) is 5.82 Å². The second-order valence-corrected chi connectivity index (χ2v) is 12.7. The SMILES string of the molecule is CC1CN(C2CC2)CCN1C(C=O)Cn1ccc(-c2ccc3ncnc(Nc4ccc(OCc5cccc(F)c5)c(Cl)c4)c3c2)c1. The Morgan fingerprint density at radius 2 is 1.96 bits per heavy atom. The van der Waals surface area contributed by atoms with Gasteiger partial charge in [0.05, 0.1) is 16.6 Å². The standard InChI is InChI=1S/C36H36ClFN6O2/c1-24-18-43(30-7-8-30)13-14-44(24)31(21-45)20-42-12-11-27(19-42)26-5-9-34-32(16-26)36(40-23-39-34)41-29-6-10-35(33(37)17-29)46-22-25-3-2-4-28(38)15-25/h2-6,9-12,15-17,19,21,23-24,30-31H,7-8,13-14,18,20,22H2,1H3,(H,39,40,41). The highest BCUT2D eigenvalue weighted by molar-refractivity contribution is 6.32. The quantitative estimate of drug-likeness (QED) is 0.157. The molecule has 1 aliphatic heterocycles. The molecule has 8 nitrogen and oxygen atoms in total. The van der Waals surface area contributed by atoms with Gasteiger partial charge in [-0.05, 0) is 85.0 Å². The number of rotatable bonds is 11. The van der Waals surface area contributed by atoms with Crippen molar-refractivity contribution in [3.05, 3.63) is 102 Å². The monoisotopic (exact) mass is 638 g/mol. The number of carbonyl (C=O) groups excluding carboxylic acids is 1. The van der Waals surface area contributed by atoms with Crippen LogP contribution in [-0.4, -0.2) is 68.4 Å². The van der Waals surface area contributed by atoms with Gasteiger partial charge in [0.1, 0.15) is 36.6 Å². The highest BCUT2D eigenvalue weighted by atomic mass is 35.5. The molecule has 1 saturated heterocycles. The van der Waals surface area contributed by atoms with Crippen molar-refractivity contribution in [2.24, 2.45) is 0 Å². The van der Waals surface area contributed by atoms with E-state index in [0.717, 1.165) is 65.2 Å². The first-order chi connectivity index (χ1) is 22.4. The van der Waals surface area contributed by atoms with E-state index in [2.05, 4.69) is 61.0 Å². The van der Waals surface area contributed by atoms with E-state index in [1.165, 1.54) is 31.3 Å². The lowest BCUT2D eigenvalue weighted by Crippen LogP contribution is -2.57. The Morgan fingerprint density at radius 1 is 1.07 bits per heavy atom. The molecule has 0 spiro atoms. The summed E-state index contributed by atoms with van der Waals surface area (Å²) in [7, 11) is 0. The van der Waals surface area contributed by atoms with Gasteiger partial charge in [0.2, 0.25) is 0 Å². The summed E-state index contributed by atoms with van der Waals surface area (Å²) in [5.41, 5.74) is 4.35. The lowest BCUT2D eigenvalue weighted by molar-refractivity contribution is -0.114. The third-order valence-corrected chi connectivity index (χ3v) is 9.25. The predicted molar refractivity (Wildman–Crippen MR) is 179 cm³/mol. The molecule has 236 valence electrons. The number of aldehydes is 1. The first kappa shape index (κ1) is 30.3. The van der Waals surface area contributed by atoms with Gasteiger partial charge in [-0.1, -0.05) is 29.8 Å². The minimum absolute atomic E-state index is 0.164. The summed E-state index contributed by atoms with van der Waals surface area (Å²) in [6.07, 6.45) is 9.40. The molecule has 1 aliphatic carbocycles. The lowest BCUT2D eigenvalue weighted by atomic mass is 10.1. The molecule has 3 heterocycles. The molecule has 2 aliphatic rings. The zero-order chi connectivity index (χ0) is 31.6. The van der Waals surface area contributed by atoms with Crippen LogP contribution < -0.4 is 10.1 Å². The fourth-order valence-corrected chi connectivity index (χ4v) is 6.62. The van der Waals surface area contributed by atoms with Gasteiger partial charge in [0.25, 0.3) is 0 Å². The Kier molecular flexibility index (Phi) is 8.71. The van der Waals surface area contributed by atoms with Crippen LogP contribution in [-0.2, 0) is 17.9 Å². The number of piperazine rings is 1. The number of carbonyl (C=O) groups is 1. The number of hydrogen-bond donors (Lipinski definition) is 1. The summed E-state index contributed by atoms with van der Waals surface area (Å²) < 4.78 is 21.5. The van der Waals surface area contributed by atoms with Crippen molar-refractivity contribution < 1.29 is 13.9 Å². The second-order valence-electron chi connectivity index (χ2n) is 12.3. The molecule has 1 saturated carbocycles. The molecule has 3 aromatic carbocycles. The molecule has 2 aromatic heterocycles. The average Bonchev–Trinajstić information content (AvgIpc) is 3.81. The molecule has 0 radical (unpaired) electrons. The van der Waals surface area contributed by atoms with E-state index in [1.54, 1.807) is 24.3 Å². The highest BCUT2D eigenvalue weighted by Crippen LogP contribution is 2.33. The van der Waals surface area contributed by atoms with Crippen LogP contribution in [0.4, 0.5) is 15.9 Å². The van der Waals surface area contributed by atoms with Gasteiger partial charge < -0.3 is 19.4 Å². The Morgan fingerprint density at radius 3 is 2.74 bits per heavy atom. The van der Waals surface area contributed by atoms with Crippen LogP contribution in [0.3, 0.4) is 0 Å². The molecule has 46 heavy (non-hydrogen) atoms. The van der Waals surface area contributed by atoms with E-state index in [-0.39, 0.29) is 18.5 Å². The number of anilines is 2. The van der Waals surface area contributed by atoms with Crippen LogP contribution in [0.25, 0.3) is 22.0 Å². The van der Waals surface area contributed by atoms with Crippen molar-refractivity contribution in [3.63, 3.8) is 0 Å². The fourth-order valence-electron chi connectivity index (χ4n) is 6.39. The third-order valence-electron chi connectivity index (χ3n) is 8.95. The van der Waals surface area contributed by atoms with E-state index < -0.39 is 0 Å². The molecule has 2 fully saturated rings. The number of aromatic nitrogens is 3. The Balaban J connectivity index is 1.04. The smallest absolute Gasteiger partial charge is 0.141 e. The zero-order valence-electron chi connectivity index (χ0n) is 25.7. The number of ether oxygens (including phenoxy) is 1. The van der Waals surface area contributed by atoms with Crippen molar-refractivity contribution in [1.29, 1.82) is 0 Å². The summed E-state index contributed by atoms with van der Waals surface area (Å²) in [5.74, 6) is 0.845. The number of nitrogens with one attached hydrogen (secondary N) is 1.